The first kappa shape index (κ1) is 16.9. The molecule has 2 aromatic heterocycles. The van der Waals surface area contributed by atoms with Gasteiger partial charge in [0.2, 0.25) is 0 Å². The maximum atomic E-state index is 12.2. The van der Waals surface area contributed by atoms with E-state index in [1.54, 1.807) is 35.4 Å². The van der Waals surface area contributed by atoms with Gasteiger partial charge < -0.3 is 14.8 Å². The van der Waals surface area contributed by atoms with Crippen LogP contribution in [0.3, 0.4) is 0 Å². The maximum Gasteiger partial charge on any atom is 0.252 e. The van der Waals surface area contributed by atoms with Gasteiger partial charge in [0, 0.05) is 26.0 Å². The summed E-state index contributed by atoms with van der Waals surface area (Å²) in [4.78, 5) is 16.5. The van der Waals surface area contributed by atoms with Gasteiger partial charge in [0.25, 0.3) is 5.91 Å². The largest absolute Gasteiger partial charge is 0.479 e. The number of ether oxygens (including phenoxy) is 2. The summed E-state index contributed by atoms with van der Waals surface area (Å²) >= 11 is 3.19. The van der Waals surface area contributed by atoms with Crippen LogP contribution in [0.25, 0.3) is 5.82 Å². The Morgan fingerprint density at radius 3 is 2.92 bits per heavy atom. The van der Waals surface area contributed by atoms with E-state index in [1.807, 2.05) is 0 Å². The molecule has 0 unspecified atom stereocenters. The summed E-state index contributed by atoms with van der Waals surface area (Å²) in [6.45, 7) is 2.24. The third-order valence-corrected chi connectivity index (χ3v) is 4.15. The van der Waals surface area contributed by atoms with Crippen molar-refractivity contribution in [1.82, 2.24) is 20.1 Å². The van der Waals surface area contributed by atoms with Crippen LogP contribution in [0.2, 0.25) is 0 Å². The molecule has 3 heterocycles. The predicted octanol–water partition coefficient (Wildman–Crippen LogP) is 2.15. The van der Waals surface area contributed by atoms with Gasteiger partial charge in [0.1, 0.15) is 5.52 Å². The van der Waals surface area contributed by atoms with Gasteiger partial charge in [-0.05, 0) is 46.8 Å². The number of alkyl halides is 1. The molecule has 1 aliphatic heterocycles. The second-order valence-corrected chi connectivity index (χ2v) is 6.00. The highest BCUT2D eigenvalue weighted by Gasteiger charge is 2.15. The standard InChI is InChI=1S/C16H19BrN4O3/c17-11-24-14-9-20-21(10-14)15-2-1-13(8-18-15)16(22)19-7-12-3-5-23-6-4-12/h1-2,8-10,12H,3-7,11H2,(H,19,22). The molecule has 24 heavy (non-hydrogen) atoms. The zero-order chi connectivity index (χ0) is 16.8. The van der Waals surface area contributed by atoms with Crippen molar-refractivity contribution in [2.75, 3.05) is 25.3 Å². The molecule has 2 aromatic rings. The number of pyridine rings is 1. The molecule has 0 atom stereocenters. The fraction of sp³-hybridized carbons (Fsp3) is 0.438. The minimum Gasteiger partial charge on any atom is -0.479 e. The minimum atomic E-state index is -0.107. The number of nitrogens with one attached hydrogen (secondary N) is 1. The molecular formula is C16H19BrN4O3. The Bertz CT molecular complexity index is 668. The second-order valence-electron chi connectivity index (χ2n) is 5.54. The van der Waals surface area contributed by atoms with Crippen LogP contribution in [0.1, 0.15) is 23.2 Å². The maximum absolute atomic E-state index is 12.2. The fourth-order valence-electron chi connectivity index (χ4n) is 2.51. The summed E-state index contributed by atoms with van der Waals surface area (Å²) in [6.07, 6.45) is 6.89. The Morgan fingerprint density at radius 1 is 1.38 bits per heavy atom. The van der Waals surface area contributed by atoms with E-state index < -0.39 is 0 Å². The Hall–Kier alpha value is -1.93. The molecule has 1 aliphatic rings. The Morgan fingerprint density at radius 2 is 2.21 bits per heavy atom. The van der Waals surface area contributed by atoms with Crippen LogP contribution in [0.15, 0.2) is 30.7 Å². The number of nitrogens with zero attached hydrogens (tertiary/aromatic N) is 3. The number of aromatic nitrogens is 3. The molecule has 8 heteroatoms. The highest BCUT2D eigenvalue weighted by Crippen LogP contribution is 2.15. The quantitative estimate of drug-likeness (QED) is 0.759. The monoisotopic (exact) mass is 394 g/mol. The lowest BCUT2D eigenvalue weighted by Crippen LogP contribution is -2.32. The van der Waals surface area contributed by atoms with Crippen LogP contribution in [-0.2, 0) is 4.74 Å². The van der Waals surface area contributed by atoms with Gasteiger partial charge in [0.05, 0.1) is 18.0 Å². The van der Waals surface area contributed by atoms with Gasteiger partial charge >= 0.3 is 0 Å². The molecule has 7 nitrogen and oxygen atoms in total. The molecule has 128 valence electrons. The average Bonchev–Trinajstić information content (AvgIpc) is 3.10. The zero-order valence-electron chi connectivity index (χ0n) is 13.2. The molecule has 1 amide bonds. The lowest BCUT2D eigenvalue weighted by atomic mass is 10.0. The van der Waals surface area contributed by atoms with Gasteiger partial charge in [-0.15, -0.1) is 0 Å². The van der Waals surface area contributed by atoms with Crippen molar-refractivity contribution in [3.63, 3.8) is 0 Å². The van der Waals surface area contributed by atoms with E-state index in [9.17, 15) is 4.79 Å². The molecule has 0 spiro atoms. The highest BCUT2D eigenvalue weighted by atomic mass is 79.9. The summed E-state index contributed by atoms with van der Waals surface area (Å²) < 4.78 is 12.2. The van der Waals surface area contributed by atoms with E-state index >= 15 is 0 Å². The first-order valence-corrected chi connectivity index (χ1v) is 8.94. The smallest absolute Gasteiger partial charge is 0.252 e. The van der Waals surface area contributed by atoms with Crippen LogP contribution < -0.4 is 10.1 Å². The van der Waals surface area contributed by atoms with Crippen molar-refractivity contribution in [3.8, 4) is 11.6 Å². The number of hydrogen-bond acceptors (Lipinski definition) is 5. The average molecular weight is 395 g/mol. The van der Waals surface area contributed by atoms with Crippen LogP contribution in [0.4, 0.5) is 0 Å². The van der Waals surface area contributed by atoms with Gasteiger partial charge in [0.15, 0.2) is 11.6 Å². The van der Waals surface area contributed by atoms with Crippen molar-refractivity contribution < 1.29 is 14.3 Å². The molecule has 0 aliphatic carbocycles. The highest BCUT2D eigenvalue weighted by molar-refractivity contribution is 9.09. The Kier molecular flexibility index (Phi) is 5.81. The minimum absolute atomic E-state index is 0.107. The third kappa shape index (κ3) is 4.33. The van der Waals surface area contributed by atoms with E-state index in [2.05, 4.69) is 31.3 Å². The lowest BCUT2D eigenvalue weighted by Gasteiger charge is -2.22. The summed E-state index contributed by atoms with van der Waals surface area (Å²) in [5.74, 6) is 1.66. The molecule has 0 bridgehead atoms. The number of halogens is 1. The van der Waals surface area contributed by atoms with E-state index in [0.29, 0.717) is 35.1 Å². The molecule has 1 saturated heterocycles. The van der Waals surface area contributed by atoms with Crippen molar-refractivity contribution in [3.05, 3.63) is 36.3 Å². The van der Waals surface area contributed by atoms with E-state index in [-0.39, 0.29) is 5.91 Å². The third-order valence-electron chi connectivity index (χ3n) is 3.92. The normalized spacial score (nSPS) is 15.2. The number of hydrogen-bond donors (Lipinski definition) is 1. The van der Waals surface area contributed by atoms with Crippen molar-refractivity contribution in [2.45, 2.75) is 12.8 Å². The molecular weight excluding hydrogens is 376 g/mol. The van der Waals surface area contributed by atoms with Crippen molar-refractivity contribution >= 4 is 21.8 Å². The van der Waals surface area contributed by atoms with Crippen molar-refractivity contribution in [2.24, 2.45) is 5.92 Å². The summed E-state index contributed by atoms with van der Waals surface area (Å²) in [5.41, 5.74) is 0.938. The first-order valence-electron chi connectivity index (χ1n) is 7.82. The number of rotatable bonds is 6. The van der Waals surface area contributed by atoms with E-state index in [1.165, 1.54) is 0 Å². The Labute approximate surface area is 148 Å². The van der Waals surface area contributed by atoms with Gasteiger partial charge in [-0.3, -0.25) is 4.79 Å². The molecule has 0 radical (unpaired) electrons. The molecule has 1 N–H and O–H groups in total. The first-order chi connectivity index (χ1) is 11.8. The molecule has 0 saturated carbocycles. The summed E-state index contributed by atoms with van der Waals surface area (Å²) in [7, 11) is 0. The van der Waals surface area contributed by atoms with E-state index in [4.69, 9.17) is 9.47 Å². The lowest BCUT2D eigenvalue weighted by molar-refractivity contribution is 0.0642. The number of carbonyl (C=O) groups excluding carboxylic acids is 1. The number of amides is 1. The summed E-state index contributed by atoms with van der Waals surface area (Å²) in [6, 6.07) is 3.50. The van der Waals surface area contributed by atoms with Crippen LogP contribution in [0, 0.1) is 5.92 Å². The number of carbonyl (C=O) groups is 1. The zero-order valence-corrected chi connectivity index (χ0v) is 14.7. The molecule has 3 rings (SSSR count). The Balaban J connectivity index is 1.57. The summed E-state index contributed by atoms with van der Waals surface area (Å²) in [5, 5.41) is 7.14. The van der Waals surface area contributed by atoms with E-state index in [0.717, 1.165) is 26.1 Å². The fourth-order valence-corrected chi connectivity index (χ4v) is 2.78. The topological polar surface area (TPSA) is 78.3 Å². The molecule has 1 fully saturated rings. The van der Waals surface area contributed by atoms with Crippen LogP contribution in [-0.4, -0.2) is 45.9 Å². The van der Waals surface area contributed by atoms with Crippen molar-refractivity contribution in [1.29, 1.82) is 0 Å². The van der Waals surface area contributed by atoms with Gasteiger partial charge in [-0.1, -0.05) is 0 Å². The van der Waals surface area contributed by atoms with Crippen LogP contribution >= 0.6 is 15.9 Å². The SMILES string of the molecule is O=C(NCC1CCOCC1)c1ccc(-n2cc(OCBr)cn2)nc1. The predicted molar refractivity (Wildman–Crippen MR) is 91.7 cm³/mol. The van der Waals surface area contributed by atoms with Crippen LogP contribution in [0.5, 0.6) is 5.75 Å². The van der Waals surface area contributed by atoms with Gasteiger partial charge in [-0.2, -0.15) is 5.10 Å². The molecule has 0 aromatic carbocycles. The second kappa shape index (κ2) is 8.25. The van der Waals surface area contributed by atoms with Gasteiger partial charge in [-0.25, -0.2) is 9.67 Å².